The molecular formula is C8H16O. The first-order valence-electron chi connectivity index (χ1n) is 3.73. The van der Waals surface area contributed by atoms with Crippen LogP contribution in [0.25, 0.3) is 0 Å². The zero-order valence-electron chi connectivity index (χ0n) is 6.61. The van der Waals surface area contributed by atoms with Crippen molar-refractivity contribution < 1.29 is 4.74 Å². The lowest BCUT2D eigenvalue weighted by Crippen LogP contribution is -2.22. The number of hydrogen-bond acceptors (Lipinski definition) is 1. The molecule has 1 fully saturated rings. The molecule has 0 unspecified atom stereocenters. The Balaban J connectivity index is 2.51. The number of ether oxygens (including phenoxy) is 1. The van der Waals surface area contributed by atoms with Crippen LogP contribution >= 0.6 is 0 Å². The van der Waals surface area contributed by atoms with Gasteiger partial charge in [0.2, 0.25) is 0 Å². The highest BCUT2D eigenvalue weighted by Crippen LogP contribution is 2.35. The molecule has 1 aliphatic rings. The molecule has 0 amide bonds. The normalized spacial score (nSPS) is 36.0. The van der Waals surface area contributed by atoms with E-state index in [0.717, 1.165) is 19.1 Å². The lowest BCUT2D eigenvalue weighted by Gasteiger charge is -2.25. The number of rotatable bonds is 1. The first-order valence-corrected chi connectivity index (χ1v) is 3.73. The first kappa shape index (κ1) is 7.07. The third-order valence-electron chi connectivity index (χ3n) is 2.64. The van der Waals surface area contributed by atoms with E-state index in [2.05, 4.69) is 20.8 Å². The molecule has 0 spiro atoms. The SMILES string of the molecule is CC(C)[C@@]1(C)CCOC1. The molecule has 0 radical (unpaired) electrons. The van der Waals surface area contributed by atoms with E-state index in [0.29, 0.717) is 5.41 Å². The van der Waals surface area contributed by atoms with E-state index in [-0.39, 0.29) is 0 Å². The molecule has 0 aromatic rings. The molecule has 1 heterocycles. The lowest BCUT2D eigenvalue weighted by atomic mass is 9.79. The summed E-state index contributed by atoms with van der Waals surface area (Å²) in [5.74, 6) is 0.764. The summed E-state index contributed by atoms with van der Waals surface area (Å²) in [6.07, 6.45) is 1.24. The Kier molecular flexibility index (Phi) is 1.80. The van der Waals surface area contributed by atoms with Gasteiger partial charge in [-0.2, -0.15) is 0 Å². The van der Waals surface area contributed by atoms with Gasteiger partial charge in [-0.15, -0.1) is 0 Å². The van der Waals surface area contributed by atoms with Crippen molar-refractivity contribution in [3.8, 4) is 0 Å². The Hall–Kier alpha value is -0.0400. The molecule has 0 N–H and O–H groups in total. The average Bonchev–Trinajstić information content (AvgIpc) is 2.16. The Bertz CT molecular complexity index is 90.7. The molecule has 0 aliphatic carbocycles. The molecule has 1 aliphatic heterocycles. The van der Waals surface area contributed by atoms with Crippen LogP contribution < -0.4 is 0 Å². The van der Waals surface area contributed by atoms with Gasteiger partial charge in [0.25, 0.3) is 0 Å². The first-order chi connectivity index (χ1) is 4.15. The molecular weight excluding hydrogens is 112 g/mol. The largest absolute Gasteiger partial charge is 0.381 e. The van der Waals surface area contributed by atoms with Gasteiger partial charge in [-0.05, 0) is 17.8 Å². The van der Waals surface area contributed by atoms with Crippen molar-refractivity contribution in [1.29, 1.82) is 0 Å². The average molecular weight is 128 g/mol. The van der Waals surface area contributed by atoms with E-state index in [4.69, 9.17) is 4.74 Å². The maximum Gasteiger partial charge on any atom is 0.0523 e. The van der Waals surface area contributed by atoms with E-state index in [1.807, 2.05) is 0 Å². The minimum atomic E-state index is 0.472. The maximum atomic E-state index is 5.32. The van der Waals surface area contributed by atoms with Gasteiger partial charge < -0.3 is 4.74 Å². The highest BCUT2D eigenvalue weighted by molar-refractivity contribution is 4.80. The number of hydrogen-bond donors (Lipinski definition) is 0. The van der Waals surface area contributed by atoms with Crippen molar-refractivity contribution in [2.24, 2.45) is 11.3 Å². The molecule has 9 heavy (non-hydrogen) atoms. The van der Waals surface area contributed by atoms with Crippen molar-refractivity contribution in [3.63, 3.8) is 0 Å². The summed E-state index contributed by atoms with van der Waals surface area (Å²) in [5.41, 5.74) is 0.472. The summed E-state index contributed by atoms with van der Waals surface area (Å²) < 4.78 is 5.32. The van der Waals surface area contributed by atoms with Gasteiger partial charge in [-0.3, -0.25) is 0 Å². The van der Waals surface area contributed by atoms with Gasteiger partial charge in [0.15, 0.2) is 0 Å². The van der Waals surface area contributed by atoms with Crippen molar-refractivity contribution in [3.05, 3.63) is 0 Å². The minimum absolute atomic E-state index is 0.472. The van der Waals surface area contributed by atoms with Gasteiger partial charge in [-0.25, -0.2) is 0 Å². The van der Waals surface area contributed by atoms with Gasteiger partial charge >= 0.3 is 0 Å². The summed E-state index contributed by atoms with van der Waals surface area (Å²) in [6, 6.07) is 0. The molecule has 0 bridgehead atoms. The highest BCUT2D eigenvalue weighted by atomic mass is 16.5. The smallest absolute Gasteiger partial charge is 0.0523 e. The molecule has 1 nitrogen and oxygen atoms in total. The predicted octanol–water partition coefficient (Wildman–Crippen LogP) is 2.07. The van der Waals surface area contributed by atoms with E-state index in [9.17, 15) is 0 Å². The Morgan fingerprint density at radius 3 is 2.33 bits per heavy atom. The summed E-state index contributed by atoms with van der Waals surface area (Å²) in [5, 5.41) is 0. The van der Waals surface area contributed by atoms with Crippen molar-refractivity contribution in [1.82, 2.24) is 0 Å². The fourth-order valence-electron chi connectivity index (χ4n) is 1.14. The third kappa shape index (κ3) is 1.26. The second-order valence-corrected chi connectivity index (χ2v) is 3.61. The monoisotopic (exact) mass is 128 g/mol. The summed E-state index contributed by atoms with van der Waals surface area (Å²) >= 11 is 0. The summed E-state index contributed by atoms with van der Waals surface area (Å²) in [4.78, 5) is 0. The Morgan fingerprint density at radius 1 is 1.44 bits per heavy atom. The van der Waals surface area contributed by atoms with Crippen LogP contribution in [0.2, 0.25) is 0 Å². The van der Waals surface area contributed by atoms with Crippen molar-refractivity contribution in [2.45, 2.75) is 27.2 Å². The van der Waals surface area contributed by atoms with Gasteiger partial charge in [0.05, 0.1) is 6.61 Å². The zero-order chi connectivity index (χ0) is 6.91. The van der Waals surface area contributed by atoms with Crippen LogP contribution in [0.3, 0.4) is 0 Å². The van der Waals surface area contributed by atoms with Crippen LogP contribution in [-0.4, -0.2) is 13.2 Å². The fourth-order valence-corrected chi connectivity index (χ4v) is 1.14. The van der Waals surface area contributed by atoms with Crippen LogP contribution in [0.5, 0.6) is 0 Å². The molecule has 1 atom stereocenters. The second-order valence-electron chi connectivity index (χ2n) is 3.61. The van der Waals surface area contributed by atoms with Gasteiger partial charge in [0.1, 0.15) is 0 Å². The summed E-state index contributed by atoms with van der Waals surface area (Å²) in [6.45, 7) is 8.79. The quantitative estimate of drug-likeness (QED) is 0.525. The molecule has 1 heteroatoms. The van der Waals surface area contributed by atoms with E-state index in [1.54, 1.807) is 0 Å². The molecule has 1 rings (SSSR count). The van der Waals surface area contributed by atoms with E-state index in [1.165, 1.54) is 6.42 Å². The van der Waals surface area contributed by atoms with Crippen LogP contribution in [-0.2, 0) is 4.74 Å². The third-order valence-corrected chi connectivity index (χ3v) is 2.64. The van der Waals surface area contributed by atoms with Crippen molar-refractivity contribution >= 4 is 0 Å². The maximum absolute atomic E-state index is 5.32. The Labute approximate surface area is 57.4 Å². The fraction of sp³-hybridized carbons (Fsp3) is 1.00. The molecule has 1 saturated heterocycles. The van der Waals surface area contributed by atoms with Crippen molar-refractivity contribution in [2.75, 3.05) is 13.2 Å². The molecule has 0 saturated carbocycles. The highest BCUT2D eigenvalue weighted by Gasteiger charge is 2.32. The van der Waals surface area contributed by atoms with Gasteiger partial charge in [0, 0.05) is 6.61 Å². The molecule has 0 aromatic heterocycles. The minimum Gasteiger partial charge on any atom is -0.381 e. The van der Waals surface area contributed by atoms with Crippen LogP contribution in [0.4, 0.5) is 0 Å². The second kappa shape index (κ2) is 2.30. The lowest BCUT2D eigenvalue weighted by molar-refractivity contribution is 0.133. The topological polar surface area (TPSA) is 9.23 Å². The molecule has 0 aromatic carbocycles. The van der Waals surface area contributed by atoms with Crippen LogP contribution in [0, 0.1) is 11.3 Å². The molecule has 54 valence electrons. The predicted molar refractivity (Wildman–Crippen MR) is 38.4 cm³/mol. The van der Waals surface area contributed by atoms with E-state index < -0.39 is 0 Å². The van der Waals surface area contributed by atoms with Crippen LogP contribution in [0.1, 0.15) is 27.2 Å². The summed E-state index contributed by atoms with van der Waals surface area (Å²) in [7, 11) is 0. The van der Waals surface area contributed by atoms with Crippen LogP contribution in [0.15, 0.2) is 0 Å². The zero-order valence-corrected chi connectivity index (χ0v) is 6.61. The van der Waals surface area contributed by atoms with Gasteiger partial charge in [-0.1, -0.05) is 20.8 Å². The standard InChI is InChI=1S/C8H16O/c1-7(2)8(3)4-5-9-6-8/h7H,4-6H2,1-3H3/t8-/m0/s1. The Morgan fingerprint density at radius 2 is 2.11 bits per heavy atom. The van der Waals surface area contributed by atoms with E-state index >= 15 is 0 Å².